The summed E-state index contributed by atoms with van der Waals surface area (Å²) >= 11 is 1.15. The predicted octanol–water partition coefficient (Wildman–Crippen LogP) is 4.47. The van der Waals surface area contributed by atoms with Crippen molar-refractivity contribution >= 4 is 38.2 Å². The van der Waals surface area contributed by atoms with E-state index in [9.17, 15) is 18.0 Å². The second-order valence-corrected chi connectivity index (χ2v) is 9.44. The molecule has 0 fully saturated rings. The van der Waals surface area contributed by atoms with E-state index in [4.69, 9.17) is 9.15 Å². The van der Waals surface area contributed by atoms with Gasteiger partial charge in [0.1, 0.15) is 16.3 Å². The van der Waals surface area contributed by atoms with Crippen LogP contribution in [-0.2, 0) is 14.8 Å². The second kappa shape index (κ2) is 10.1. The van der Waals surface area contributed by atoms with Gasteiger partial charge in [0.25, 0.3) is 5.91 Å². The van der Waals surface area contributed by atoms with Gasteiger partial charge in [0.05, 0.1) is 17.8 Å². The first kappa shape index (κ1) is 23.7. The van der Waals surface area contributed by atoms with Crippen molar-refractivity contribution < 1.29 is 27.2 Å². The Hall–Kier alpha value is -2.95. The molecular formula is C22H24N2O6S2. The minimum Gasteiger partial charge on any atom is -0.464 e. The van der Waals surface area contributed by atoms with E-state index in [1.165, 1.54) is 34.8 Å². The molecule has 0 aliphatic rings. The van der Waals surface area contributed by atoms with Crippen LogP contribution in [0.4, 0.5) is 5.00 Å². The Morgan fingerprint density at radius 2 is 1.88 bits per heavy atom. The molecule has 0 atom stereocenters. The van der Waals surface area contributed by atoms with Crippen molar-refractivity contribution in [2.24, 2.45) is 0 Å². The van der Waals surface area contributed by atoms with E-state index in [0.29, 0.717) is 24.4 Å². The number of ether oxygens (including phenoxy) is 1. The Balaban J connectivity index is 1.94. The SMILES string of the molecule is CCOC(=O)c1c(-c2ccco2)csc1NC(=O)c1cccc(S(=O)(=O)N(CC)CC)c1. The molecule has 2 aromatic heterocycles. The van der Waals surface area contributed by atoms with Gasteiger partial charge in [-0.1, -0.05) is 19.9 Å². The number of carbonyl (C=O) groups excluding carboxylic acids is 2. The van der Waals surface area contributed by atoms with Gasteiger partial charge >= 0.3 is 5.97 Å². The number of rotatable bonds is 9. The van der Waals surface area contributed by atoms with Gasteiger partial charge in [0.15, 0.2) is 0 Å². The Kier molecular flexibility index (Phi) is 7.49. The van der Waals surface area contributed by atoms with Gasteiger partial charge in [-0.15, -0.1) is 11.3 Å². The monoisotopic (exact) mass is 476 g/mol. The molecule has 0 aliphatic carbocycles. The summed E-state index contributed by atoms with van der Waals surface area (Å²) < 4.78 is 37.5. The molecule has 1 amide bonds. The van der Waals surface area contributed by atoms with E-state index < -0.39 is 21.9 Å². The van der Waals surface area contributed by atoms with E-state index in [0.717, 1.165) is 11.3 Å². The molecule has 1 N–H and O–H groups in total. The van der Waals surface area contributed by atoms with Gasteiger partial charge < -0.3 is 14.5 Å². The van der Waals surface area contributed by atoms with Crippen LogP contribution in [0.2, 0.25) is 0 Å². The lowest BCUT2D eigenvalue weighted by atomic mass is 10.1. The van der Waals surface area contributed by atoms with Crippen LogP contribution < -0.4 is 5.32 Å². The van der Waals surface area contributed by atoms with Gasteiger partial charge in [-0.2, -0.15) is 4.31 Å². The third kappa shape index (κ3) is 4.77. The lowest BCUT2D eigenvalue weighted by molar-refractivity contribution is 0.0528. The molecule has 1 aromatic carbocycles. The second-order valence-electron chi connectivity index (χ2n) is 6.62. The summed E-state index contributed by atoms with van der Waals surface area (Å²) in [5.41, 5.74) is 0.847. The largest absolute Gasteiger partial charge is 0.464 e. The third-order valence-electron chi connectivity index (χ3n) is 4.72. The molecule has 0 radical (unpaired) electrons. The predicted molar refractivity (Wildman–Crippen MR) is 122 cm³/mol. The normalized spacial score (nSPS) is 11.5. The number of nitrogens with one attached hydrogen (secondary N) is 1. The number of esters is 1. The number of hydrogen-bond donors (Lipinski definition) is 1. The number of sulfonamides is 1. The highest BCUT2D eigenvalue weighted by Crippen LogP contribution is 2.36. The fraction of sp³-hybridized carbons (Fsp3) is 0.273. The fourth-order valence-electron chi connectivity index (χ4n) is 3.15. The first-order chi connectivity index (χ1) is 15.3. The van der Waals surface area contributed by atoms with Crippen LogP contribution in [0.15, 0.2) is 57.4 Å². The number of anilines is 1. The zero-order valence-corrected chi connectivity index (χ0v) is 19.6. The minimum absolute atomic E-state index is 0.0296. The zero-order valence-electron chi connectivity index (χ0n) is 18.0. The number of hydrogen-bond acceptors (Lipinski definition) is 7. The minimum atomic E-state index is -3.72. The maximum Gasteiger partial charge on any atom is 0.341 e. The molecule has 0 saturated carbocycles. The number of furan rings is 1. The third-order valence-corrected chi connectivity index (χ3v) is 7.67. The summed E-state index contributed by atoms with van der Waals surface area (Å²) in [6.07, 6.45) is 1.49. The molecule has 2 heterocycles. The summed E-state index contributed by atoms with van der Waals surface area (Å²) in [6.45, 7) is 6.01. The van der Waals surface area contributed by atoms with Gasteiger partial charge in [-0.05, 0) is 37.3 Å². The Labute approximate surface area is 190 Å². The first-order valence-corrected chi connectivity index (χ1v) is 12.4. The van der Waals surface area contributed by atoms with Crippen molar-refractivity contribution in [2.45, 2.75) is 25.7 Å². The molecule has 32 heavy (non-hydrogen) atoms. The molecule has 0 aliphatic heterocycles. The zero-order chi connectivity index (χ0) is 23.3. The number of nitrogens with zero attached hydrogens (tertiary/aromatic N) is 1. The molecule has 3 rings (SSSR count). The van der Waals surface area contributed by atoms with Gasteiger partial charge in [-0.3, -0.25) is 4.79 Å². The van der Waals surface area contributed by atoms with E-state index in [-0.39, 0.29) is 27.6 Å². The van der Waals surface area contributed by atoms with E-state index in [2.05, 4.69) is 5.32 Å². The lowest BCUT2D eigenvalue weighted by Crippen LogP contribution is -2.30. The molecule has 10 heteroatoms. The highest BCUT2D eigenvalue weighted by atomic mass is 32.2. The Morgan fingerprint density at radius 1 is 1.12 bits per heavy atom. The average molecular weight is 477 g/mol. The van der Waals surface area contributed by atoms with Crippen LogP contribution in [0.25, 0.3) is 11.3 Å². The molecule has 0 saturated heterocycles. The smallest absolute Gasteiger partial charge is 0.341 e. The van der Waals surface area contributed by atoms with Gasteiger partial charge in [0.2, 0.25) is 10.0 Å². The van der Waals surface area contributed by atoms with Gasteiger partial charge in [0, 0.05) is 29.6 Å². The van der Waals surface area contributed by atoms with Crippen molar-refractivity contribution in [3.05, 3.63) is 59.2 Å². The Bertz CT molecular complexity index is 1190. The van der Waals surface area contributed by atoms with Crippen molar-refractivity contribution in [3.63, 3.8) is 0 Å². The van der Waals surface area contributed by atoms with Crippen LogP contribution in [0, 0.1) is 0 Å². The number of benzene rings is 1. The van der Waals surface area contributed by atoms with E-state index in [1.54, 1.807) is 38.3 Å². The van der Waals surface area contributed by atoms with Crippen LogP contribution >= 0.6 is 11.3 Å². The number of carbonyl (C=O) groups is 2. The summed E-state index contributed by atoms with van der Waals surface area (Å²) in [6, 6.07) is 9.21. The lowest BCUT2D eigenvalue weighted by Gasteiger charge is -2.18. The quantitative estimate of drug-likeness (QED) is 0.457. The van der Waals surface area contributed by atoms with Crippen LogP contribution in [0.5, 0.6) is 0 Å². The average Bonchev–Trinajstić information content (AvgIpc) is 3.44. The fourth-order valence-corrected chi connectivity index (χ4v) is 5.59. The Morgan fingerprint density at radius 3 is 2.50 bits per heavy atom. The van der Waals surface area contributed by atoms with E-state index >= 15 is 0 Å². The molecule has 3 aromatic rings. The summed E-state index contributed by atoms with van der Waals surface area (Å²) in [7, 11) is -3.72. The highest BCUT2D eigenvalue weighted by Gasteiger charge is 2.26. The van der Waals surface area contributed by atoms with Crippen molar-refractivity contribution in [1.29, 1.82) is 0 Å². The first-order valence-electron chi connectivity index (χ1n) is 10.1. The maximum atomic E-state index is 12.9. The molecular weight excluding hydrogens is 452 g/mol. The molecule has 0 unspecified atom stereocenters. The summed E-state index contributed by atoms with van der Waals surface area (Å²) in [4.78, 5) is 25.6. The molecule has 0 bridgehead atoms. The van der Waals surface area contributed by atoms with Crippen molar-refractivity contribution in [3.8, 4) is 11.3 Å². The van der Waals surface area contributed by atoms with Crippen LogP contribution in [0.3, 0.4) is 0 Å². The summed E-state index contributed by atoms with van der Waals surface area (Å²) in [5.74, 6) is -0.662. The molecule has 0 spiro atoms. The molecule has 8 nitrogen and oxygen atoms in total. The number of amides is 1. The number of thiophene rings is 1. The topological polar surface area (TPSA) is 106 Å². The van der Waals surface area contributed by atoms with Gasteiger partial charge in [-0.25, -0.2) is 13.2 Å². The van der Waals surface area contributed by atoms with Crippen molar-refractivity contribution in [2.75, 3.05) is 25.0 Å². The standard InChI is InChI=1S/C22H24N2O6S2/c1-4-24(5-2)32(27,28)16-10-7-9-15(13-16)20(25)23-21-19(22(26)29-6-3)17(14-31-21)18-11-8-12-30-18/h7-14H,4-6H2,1-3H3,(H,23,25). The van der Waals surface area contributed by atoms with Crippen LogP contribution in [0.1, 0.15) is 41.5 Å². The van der Waals surface area contributed by atoms with Crippen LogP contribution in [-0.4, -0.2) is 44.3 Å². The summed E-state index contributed by atoms with van der Waals surface area (Å²) in [5, 5.41) is 4.70. The highest BCUT2D eigenvalue weighted by molar-refractivity contribution is 7.89. The molecule has 170 valence electrons. The van der Waals surface area contributed by atoms with E-state index in [1.807, 2.05) is 0 Å². The van der Waals surface area contributed by atoms with Crippen molar-refractivity contribution in [1.82, 2.24) is 4.31 Å². The maximum absolute atomic E-state index is 12.9.